The number of hydrogen-bond acceptors (Lipinski definition) is 4. The highest BCUT2D eigenvalue weighted by Gasteiger charge is 2.10. The smallest absolute Gasteiger partial charge is 0.408 e. The second-order valence-electron chi connectivity index (χ2n) is 5.58. The van der Waals surface area contributed by atoms with Crippen LogP contribution in [0.3, 0.4) is 0 Å². The van der Waals surface area contributed by atoms with Crippen LogP contribution in [0.4, 0.5) is 0 Å². The van der Waals surface area contributed by atoms with Crippen molar-refractivity contribution in [2.45, 2.75) is 13.8 Å². The number of aromatic nitrogens is 2. The highest BCUT2D eigenvalue weighted by molar-refractivity contribution is 7.13. The van der Waals surface area contributed by atoms with Crippen LogP contribution in [0.25, 0.3) is 32.9 Å². The first-order chi connectivity index (χ1) is 11.1. The molecule has 0 saturated heterocycles. The van der Waals surface area contributed by atoms with E-state index in [1.807, 2.05) is 23.6 Å². The molecule has 0 aliphatic heterocycles. The van der Waals surface area contributed by atoms with Gasteiger partial charge in [0, 0.05) is 16.5 Å². The zero-order valence-corrected chi connectivity index (χ0v) is 13.5. The molecule has 5 heteroatoms. The molecule has 2 aromatic heterocycles. The SMILES string of the molecule is Cc1ccc(-c2nc(-c3ccc4[nH]c(=O)oc4c3)cs2)c(C)c1. The van der Waals surface area contributed by atoms with E-state index in [0.29, 0.717) is 11.1 Å². The highest BCUT2D eigenvalue weighted by Crippen LogP contribution is 2.32. The van der Waals surface area contributed by atoms with E-state index in [2.05, 4.69) is 37.0 Å². The minimum atomic E-state index is -0.439. The van der Waals surface area contributed by atoms with Crippen LogP contribution in [-0.4, -0.2) is 9.97 Å². The first-order valence-corrected chi connectivity index (χ1v) is 8.14. The summed E-state index contributed by atoms with van der Waals surface area (Å²) < 4.78 is 5.12. The highest BCUT2D eigenvalue weighted by atomic mass is 32.1. The first-order valence-electron chi connectivity index (χ1n) is 7.26. The van der Waals surface area contributed by atoms with Crippen LogP contribution >= 0.6 is 11.3 Å². The second kappa shape index (κ2) is 5.21. The molecule has 0 amide bonds. The number of benzene rings is 2. The topological polar surface area (TPSA) is 58.9 Å². The molecule has 1 N–H and O–H groups in total. The van der Waals surface area contributed by atoms with Crippen LogP contribution in [0.2, 0.25) is 0 Å². The number of nitrogens with one attached hydrogen (secondary N) is 1. The summed E-state index contributed by atoms with van der Waals surface area (Å²) in [5.74, 6) is -0.439. The number of aryl methyl sites for hydroxylation is 2. The van der Waals surface area contributed by atoms with Crippen molar-refractivity contribution >= 4 is 22.4 Å². The van der Waals surface area contributed by atoms with Crippen molar-refractivity contribution in [2.75, 3.05) is 0 Å². The molecule has 0 unspecified atom stereocenters. The molecular weight excluding hydrogens is 308 g/mol. The van der Waals surface area contributed by atoms with E-state index in [4.69, 9.17) is 9.40 Å². The zero-order chi connectivity index (χ0) is 16.0. The lowest BCUT2D eigenvalue weighted by atomic mass is 10.1. The van der Waals surface area contributed by atoms with Crippen molar-refractivity contribution in [3.05, 3.63) is 63.5 Å². The predicted molar refractivity (Wildman–Crippen MR) is 92.9 cm³/mol. The fraction of sp³-hybridized carbons (Fsp3) is 0.111. The summed E-state index contributed by atoms with van der Waals surface area (Å²) >= 11 is 1.62. The third kappa shape index (κ3) is 2.49. The summed E-state index contributed by atoms with van der Waals surface area (Å²) in [5, 5.41) is 3.02. The molecule has 114 valence electrons. The molecule has 0 aliphatic rings. The van der Waals surface area contributed by atoms with Crippen LogP contribution < -0.4 is 5.76 Å². The summed E-state index contributed by atoms with van der Waals surface area (Å²) in [6.07, 6.45) is 0. The molecule has 0 spiro atoms. The minimum Gasteiger partial charge on any atom is -0.408 e. The number of rotatable bonds is 2. The fourth-order valence-corrected chi connectivity index (χ4v) is 3.61. The Morgan fingerprint density at radius 1 is 1.13 bits per heavy atom. The van der Waals surface area contributed by atoms with Gasteiger partial charge in [-0.2, -0.15) is 0 Å². The van der Waals surface area contributed by atoms with Gasteiger partial charge >= 0.3 is 5.76 Å². The summed E-state index contributed by atoms with van der Waals surface area (Å²) in [4.78, 5) is 18.6. The van der Waals surface area contributed by atoms with E-state index in [1.165, 1.54) is 11.1 Å². The van der Waals surface area contributed by atoms with E-state index in [-0.39, 0.29) is 0 Å². The Morgan fingerprint density at radius 3 is 2.83 bits per heavy atom. The zero-order valence-electron chi connectivity index (χ0n) is 12.7. The molecule has 2 aromatic carbocycles. The van der Waals surface area contributed by atoms with Gasteiger partial charge in [-0.05, 0) is 31.5 Å². The first kappa shape index (κ1) is 14.0. The largest absolute Gasteiger partial charge is 0.417 e. The van der Waals surface area contributed by atoms with Gasteiger partial charge in [0.1, 0.15) is 5.01 Å². The monoisotopic (exact) mass is 322 g/mol. The number of oxazole rings is 1. The van der Waals surface area contributed by atoms with Crippen molar-refractivity contribution in [1.82, 2.24) is 9.97 Å². The van der Waals surface area contributed by atoms with Gasteiger partial charge in [0.25, 0.3) is 0 Å². The van der Waals surface area contributed by atoms with E-state index in [1.54, 1.807) is 11.3 Å². The van der Waals surface area contributed by atoms with E-state index in [0.717, 1.165) is 21.8 Å². The van der Waals surface area contributed by atoms with Gasteiger partial charge < -0.3 is 4.42 Å². The Labute approximate surface area is 136 Å². The Kier molecular flexibility index (Phi) is 3.16. The Hall–Kier alpha value is -2.66. The van der Waals surface area contributed by atoms with Crippen molar-refractivity contribution in [3.8, 4) is 21.8 Å². The maximum absolute atomic E-state index is 11.3. The molecule has 0 atom stereocenters. The number of hydrogen-bond donors (Lipinski definition) is 1. The lowest BCUT2D eigenvalue weighted by Gasteiger charge is -2.03. The molecule has 4 aromatic rings. The minimum absolute atomic E-state index is 0.439. The van der Waals surface area contributed by atoms with E-state index >= 15 is 0 Å². The number of thiazole rings is 1. The van der Waals surface area contributed by atoms with Crippen LogP contribution in [0, 0.1) is 13.8 Å². The third-order valence-electron chi connectivity index (χ3n) is 3.83. The van der Waals surface area contributed by atoms with Crippen molar-refractivity contribution in [1.29, 1.82) is 0 Å². The van der Waals surface area contributed by atoms with Crippen molar-refractivity contribution in [2.24, 2.45) is 0 Å². The molecule has 4 nitrogen and oxygen atoms in total. The molecule has 0 radical (unpaired) electrons. The molecule has 23 heavy (non-hydrogen) atoms. The van der Waals surface area contributed by atoms with Gasteiger partial charge in [0.15, 0.2) is 5.58 Å². The summed E-state index contributed by atoms with van der Waals surface area (Å²) in [5.41, 5.74) is 6.69. The Bertz CT molecular complexity index is 1070. The van der Waals surface area contributed by atoms with Crippen molar-refractivity contribution < 1.29 is 4.42 Å². The summed E-state index contributed by atoms with van der Waals surface area (Å²) in [7, 11) is 0. The number of fused-ring (bicyclic) bond motifs is 1. The quantitative estimate of drug-likeness (QED) is 0.590. The molecule has 2 heterocycles. The molecule has 0 fully saturated rings. The van der Waals surface area contributed by atoms with Gasteiger partial charge in [0.2, 0.25) is 0 Å². The number of aromatic amines is 1. The average Bonchev–Trinajstić information content (AvgIpc) is 3.11. The van der Waals surface area contributed by atoms with Crippen LogP contribution in [0.1, 0.15) is 11.1 Å². The van der Waals surface area contributed by atoms with Gasteiger partial charge in [-0.25, -0.2) is 9.78 Å². The average molecular weight is 322 g/mol. The number of H-pyrrole nitrogens is 1. The molecular formula is C18H14N2O2S. The Balaban J connectivity index is 1.77. The normalized spacial score (nSPS) is 11.2. The van der Waals surface area contributed by atoms with Gasteiger partial charge in [0.05, 0.1) is 11.2 Å². The fourth-order valence-electron chi connectivity index (χ4n) is 2.69. The predicted octanol–water partition coefficient (Wildman–Crippen LogP) is 4.53. The second-order valence-corrected chi connectivity index (χ2v) is 6.44. The molecule has 0 aliphatic carbocycles. The molecule has 4 rings (SSSR count). The molecule has 0 bridgehead atoms. The number of nitrogens with zero attached hydrogens (tertiary/aromatic N) is 1. The van der Waals surface area contributed by atoms with Gasteiger partial charge in [-0.15, -0.1) is 11.3 Å². The van der Waals surface area contributed by atoms with Gasteiger partial charge in [-0.1, -0.05) is 29.8 Å². The lowest BCUT2D eigenvalue weighted by Crippen LogP contribution is -1.92. The Morgan fingerprint density at radius 2 is 2.00 bits per heavy atom. The lowest BCUT2D eigenvalue weighted by molar-refractivity contribution is 0.555. The third-order valence-corrected chi connectivity index (χ3v) is 4.71. The molecule has 0 saturated carbocycles. The van der Waals surface area contributed by atoms with Crippen LogP contribution in [-0.2, 0) is 0 Å². The van der Waals surface area contributed by atoms with Crippen LogP contribution in [0.15, 0.2) is 51.0 Å². The van der Waals surface area contributed by atoms with E-state index < -0.39 is 5.76 Å². The summed E-state index contributed by atoms with van der Waals surface area (Å²) in [6, 6.07) is 12.0. The maximum atomic E-state index is 11.3. The van der Waals surface area contributed by atoms with Gasteiger partial charge in [-0.3, -0.25) is 4.98 Å². The van der Waals surface area contributed by atoms with Crippen molar-refractivity contribution in [3.63, 3.8) is 0 Å². The maximum Gasteiger partial charge on any atom is 0.417 e. The van der Waals surface area contributed by atoms with E-state index in [9.17, 15) is 4.79 Å². The van der Waals surface area contributed by atoms with Crippen LogP contribution in [0.5, 0.6) is 0 Å². The summed E-state index contributed by atoms with van der Waals surface area (Å²) in [6.45, 7) is 4.19. The standard InChI is InChI=1S/C18H14N2O2S/c1-10-3-5-13(11(2)7-10)17-19-15(9-23-17)12-4-6-14-16(8-12)22-18(21)20-14/h3-9H,1-2H3,(H,20,21).